The Kier molecular flexibility index (Phi) is 4.91. The van der Waals surface area contributed by atoms with E-state index in [4.69, 9.17) is 4.98 Å². The summed E-state index contributed by atoms with van der Waals surface area (Å²) in [5, 5.41) is 7.95. The van der Waals surface area contributed by atoms with Crippen LogP contribution in [0.4, 0.5) is 0 Å². The zero-order valence-electron chi connectivity index (χ0n) is 24.5. The zero-order chi connectivity index (χ0) is 28.9. The van der Waals surface area contributed by atoms with Gasteiger partial charge in [-0.1, -0.05) is 123 Å². The van der Waals surface area contributed by atoms with Gasteiger partial charge >= 0.3 is 0 Å². The summed E-state index contributed by atoms with van der Waals surface area (Å²) in [4.78, 5) is 5.12. The van der Waals surface area contributed by atoms with E-state index in [-0.39, 0.29) is 5.41 Å². The first-order chi connectivity index (χ1) is 21.0. The van der Waals surface area contributed by atoms with Crippen LogP contribution in [0.2, 0.25) is 0 Å². The van der Waals surface area contributed by atoms with Gasteiger partial charge in [0.1, 0.15) is 5.82 Å². The SMILES string of the molecule is Cn1c(-c2ccccc2)nc2cc(-c3cc4c(c5ccccc35)C(C)(C)c3c-4c4ccccc4c4ccccc34)ccc21. The molecule has 0 fully saturated rings. The lowest BCUT2D eigenvalue weighted by Crippen LogP contribution is -2.16. The van der Waals surface area contributed by atoms with Crippen molar-refractivity contribution in [3.8, 4) is 33.6 Å². The molecule has 1 aliphatic rings. The van der Waals surface area contributed by atoms with E-state index >= 15 is 0 Å². The van der Waals surface area contributed by atoms with E-state index in [2.05, 4.69) is 153 Å². The van der Waals surface area contributed by atoms with Crippen LogP contribution >= 0.6 is 0 Å². The Morgan fingerprint density at radius 1 is 0.512 bits per heavy atom. The van der Waals surface area contributed by atoms with Crippen molar-refractivity contribution < 1.29 is 0 Å². The van der Waals surface area contributed by atoms with Crippen LogP contribution in [0.3, 0.4) is 0 Å². The van der Waals surface area contributed by atoms with Gasteiger partial charge in [0.05, 0.1) is 11.0 Å². The van der Waals surface area contributed by atoms with Crippen LogP contribution in [0, 0.1) is 0 Å². The highest BCUT2D eigenvalue weighted by atomic mass is 15.1. The second-order valence-corrected chi connectivity index (χ2v) is 12.4. The second-order valence-electron chi connectivity index (χ2n) is 12.4. The average Bonchev–Trinajstić information content (AvgIpc) is 3.51. The summed E-state index contributed by atoms with van der Waals surface area (Å²) in [6, 6.07) is 46.6. The minimum atomic E-state index is -0.151. The molecule has 0 spiro atoms. The van der Waals surface area contributed by atoms with Crippen LogP contribution in [-0.2, 0) is 12.5 Å². The van der Waals surface area contributed by atoms with Crippen LogP contribution in [0.25, 0.3) is 77.0 Å². The maximum Gasteiger partial charge on any atom is 0.140 e. The van der Waals surface area contributed by atoms with Crippen LogP contribution in [-0.4, -0.2) is 9.55 Å². The third-order valence-corrected chi connectivity index (χ3v) is 9.72. The molecule has 8 aromatic rings. The molecule has 204 valence electrons. The van der Waals surface area contributed by atoms with Gasteiger partial charge in [-0.25, -0.2) is 4.98 Å². The molecule has 0 radical (unpaired) electrons. The highest BCUT2D eigenvalue weighted by Gasteiger charge is 2.40. The van der Waals surface area contributed by atoms with Gasteiger partial charge in [0.2, 0.25) is 0 Å². The minimum Gasteiger partial charge on any atom is -0.327 e. The first kappa shape index (κ1) is 24.4. The lowest BCUT2D eigenvalue weighted by Gasteiger charge is -2.25. The van der Waals surface area contributed by atoms with Crippen molar-refractivity contribution in [1.82, 2.24) is 9.55 Å². The molecule has 0 saturated heterocycles. The third kappa shape index (κ3) is 3.26. The largest absolute Gasteiger partial charge is 0.327 e. The zero-order valence-corrected chi connectivity index (χ0v) is 24.5. The Morgan fingerprint density at radius 2 is 1.09 bits per heavy atom. The van der Waals surface area contributed by atoms with Gasteiger partial charge in [0.25, 0.3) is 0 Å². The topological polar surface area (TPSA) is 17.8 Å². The molecule has 9 rings (SSSR count). The maximum atomic E-state index is 5.12. The van der Waals surface area contributed by atoms with Crippen LogP contribution in [0.15, 0.2) is 127 Å². The van der Waals surface area contributed by atoms with Crippen molar-refractivity contribution in [3.05, 3.63) is 139 Å². The predicted octanol–water partition coefficient (Wildman–Crippen LogP) is 10.7. The van der Waals surface area contributed by atoms with E-state index in [1.807, 2.05) is 0 Å². The smallest absolute Gasteiger partial charge is 0.140 e. The van der Waals surface area contributed by atoms with Gasteiger partial charge in [0, 0.05) is 18.0 Å². The second kappa shape index (κ2) is 8.65. The first-order valence-corrected chi connectivity index (χ1v) is 15.0. The molecular formula is C41H30N2. The summed E-state index contributed by atoms with van der Waals surface area (Å²) >= 11 is 0. The number of aryl methyl sites for hydroxylation is 1. The quantitative estimate of drug-likeness (QED) is 0.196. The maximum absolute atomic E-state index is 5.12. The number of benzene rings is 7. The molecule has 2 heteroatoms. The summed E-state index contributed by atoms with van der Waals surface area (Å²) in [5.41, 5.74) is 11.2. The lowest BCUT2D eigenvalue weighted by atomic mass is 9.77. The van der Waals surface area contributed by atoms with Crippen LogP contribution in [0.5, 0.6) is 0 Å². The number of fused-ring (bicyclic) bond motifs is 11. The standard InChI is InChI=1S/C41H30N2/c1-41(2)38-31-19-11-9-17-29(31)33(26-21-22-36-35(23-26)42-40(43(36)3)25-13-5-4-6-14-25)24-34(38)37-30-18-10-7-15-27(30)28-16-8-12-20-32(28)39(37)41/h4-24H,1-3H3. The molecule has 0 bridgehead atoms. The molecule has 0 saturated carbocycles. The van der Waals surface area contributed by atoms with Crippen molar-refractivity contribution in [1.29, 1.82) is 0 Å². The molecule has 2 nitrogen and oxygen atoms in total. The minimum absolute atomic E-state index is 0.151. The number of hydrogen-bond acceptors (Lipinski definition) is 1. The molecule has 1 heterocycles. The lowest BCUT2D eigenvalue weighted by molar-refractivity contribution is 0.672. The Bertz CT molecular complexity index is 2430. The summed E-state index contributed by atoms with van der Waals surface area (Å²) in [6.45, 7) is 4.83. The molecule has 1 aromatic heterocycles. The van der Waals surface area contributed by atoms with Gasteiger partial charge in [0.15, 0.2) is 0 Å². The molecule has 0 amide bonds. The van der Waals surface area contributed by atoms with E-state index in [1.54, 1.807) is 0 Å². The van der Waals surface area contributed by atoms with Crippen molar-refractivity contribution >= 4 is 43.4 Å². The molecule has 0 unspecified atom stereocenters. The summed E-state index contributed by atoms with van der Waals surface area (Å²) < 4.78 is 2.20. The van der Waals surface area contributed by atoms with Gasteiger partial charge in [-0.2, -0.15) is 0 Å². The molecule has 0 atom stereocenters. The van der Waals surface area contributed by atoms with Crippen LogP contribution < -0.4 is 0 Å². The normalized spacial score (nSPS) is 13.7. The number of nitrogens with zero attached hydrogens (tertiary/aromatic N) is 2. The van der Waals surface area contributed by atoms with E-state index in [0.717, 1.165) is 22.4 Å². The summed E-state index contributed by atoms with van der Waals surface area (Å²) in [7, 11) is 2.11. The van der Waals surface area contributed by atoms with E-state index < -0.39 is 0 Å². The molecule has 1 aliphatic carbocycles. The Hall–Kier alpha value is -5.21. The van der Waals surface area contributed by atoms with Crippen LogP contribution in [0.1, 0.15) is 25.0 Å². The Labute approximate surface area is 250 Å². The number of rotatable bonds is 2. The van der Waals surface area contributed by atoms with Crippen molar-refractivity contribution in [2.45, 2.75) is 19.3 Å². The molecule has 43 heavy (non-hydrogen) atoms. The fourth-order valence-corrected chi connectivity index (χ4v) is 7.89. The number of imidazole rings is 1. The highest BCUT2D eigenvalue weighted by Crippen LogP contribution is 2.57. The number of aromatic nitrogens is 2. The highest BCUT2D eigenvalue weighted by molar-refractivity contribution is 6.20. The van der Waals surface area contributed by atoms with Crippen molar-refractivity contribution in [2.75, 3.05) is 0 Å². The third-order valence-electron chi connectivity index (χ3n) is 9.72. The van der Waals surface area contributed by atoms with Gasteiger partial charge in [-0.3, -0.25) is 0 Å². The van der Waals surface area contributed by atoms with E-state index in [1.165, 1.54) is 65.7 Å². The van der Waals surface area contributed by atoms with Crippen molar-refractivity contribution in [2.24, 2.45) is 7.05 Å². The summed E-state index contributed by atoms with van der Waals surface area (Å²) in [6.07, 6.45) is 0. The first-order valence-electron chi connectivity index (χ1n) is 15.0. The average molecular weight is 551 g/mol. The predicted molar refractivity (Wildman–Crippen MR) is 182 cm³/mol. The van der Waals surface area contributed by atoms with Gasteiger partial charge in [-0.15, -0.1) is 0 Å². The monoisotopic (exact) mass is 550 g/mol. The Morgan fingerprint density at radius 3 is 1.81 bits per heavy atom. The number of hydrogen-bond donors (Lipinski definition) is 0. The molecule has 7 aromatic carbocycles. The van der Waals surface area contributed by atoms with Gasteiger partial charge in [-0.05, 0) is 83.9 Å². The fourth-order valence-electron chi connectivity index (χ4n) is 7.89. The molecule has 0 N–H and O–H groups in total. The summed E-state index contributed by atoms with van der Waals surface area (Å²) in [5.74, 6) is 0.987. The molecular weight excluding hydrogens is 520 g/mol. The van der Waals surface area contributed by atoms with E-state index in [9.17, 15) is 0 Å². The van der Waals surface area contributed by atoms with Gasteiger partial charge < -0.3 is 4.57 Å². The molecule has 0 aliphatic heterocycles. The van der Waals surface area contributed by atoms with E-state index in [0.29, 0.717) is 0 Å². The fraction of sp³-hybridized carbons (Fsp3) is 0.0976. The Balaban J connectivity index is 1.37. The van der Waals surface area contributed by atoms with Crippen molar-refractivity contribution in [3.63, 3.8) is 0 Å².